The molecule has 0 aromatic heterocycles. The van der Waals surface area contributed by atoms with Gasteiger partial charge in [-0.25, -0.2) is 0 Å². The highest BCUT2D eigenvalue weighted by atomic mass is 16.5. The van der Waals surface area contributed by atoms with Crippen molar-refractivity contribution in [1.82, 2.24) is 10.2 Å². The number of carbonyl (C=O) groups excluding carboxylic acids is 3. The zero-order chi connectivity index (χ0) is 26.4. The van der Waals surface area contributed by atoms with Crippen molar-refractivity contribution < 1.29 is 23.9 Å². The SMILES string of the molecule is CC(C)(C)c1ccc(OCC(=O)c2ccc3c(c2)N(CC(=O)NCCN2CCCCC2)C(=O)CO3)cc1. The second kappa shape index (κ2) is 11.8. The van der Waals surface area contributed by atoms with Gasteiger partial charge in [0.1, 0.15) is 18.0 Å². The van der Waals surface area contributed by atoms with E-state index in [1.807, 2.05) is 24.3 Å². The molecule has 2 aromatic carbocycles. The van der Waals surface area contributed by atoms with Crippen LogP contribution in [0.1, 0.15) is 56.0 Å². The summed E-state index contributed by atoms with van der Waals surface area (Å²) in [4.78, 5) is 41.8. The zero-order valence-electron chi connectivity index (χ0n) is 22.0. The van der Waals surface area contributed by atoms with Gasteiger partial charge in [0.2, 0.25) is 5.91 Å². The van der Waals surface area contributed by atoms with Crippen LogP contribution in [0.5, 0.6) is 11.5 Å². The Bertz CT molecular complexity index is 1120. The summed E-state index contributed by atoms with van der Waals surface area (Å²) in [5, 5.41) is 2.92. The van der Waals surface area contributed by atoms with Crippen LogP contribution in [0.4, 0.5) is 5.69 Å². The molecule has 0 unspecified atom stereocenters. The molecule has 8 nitrogen and oxygen atoms in total. The third-order valence-corrected chi connectivity index (χ3v) is 6.81. The summed E-state index contributed by atoms with van der Waals surface area (Å²) in [5.74, 6) is 0.290. The quantitative estimate of drug-likeness (QED) is 0.522. The lowest BCUT2D eigenvalue weighted by Gasteiger charge is -2.29. The Balaban J connectivity index is 1.35. The predicted octanol–water partition coefficient (Wildman–Crippen LogP) is 3.57. The first-order valence-corrected chi connectivity index (χ1v) is 13.0. The van der Waals surface area contributed by atoms with Crippen LogP contribution in [0.3, 0.4) is 0 Å². The molecule has 2 amide bonds. The smallest absolute Gasteiger partial charge is 0.265 e. The summed E-state index contributed by atoms with van der Waals surface area (Å²) in [6.45, 7) is 9.48. The van der Waals surface area contributed by atoms with E-state index in [1.54, 1.807) is 18.2 Å². The lowest BCUT2D eigenvalue weighted by Crippen LogP contribution is -2.46. The zero-order valence-corrected chi connectivity index (χ0v) is 22.0. The number of amides is 2. The highest BCUT2D eigenvalue weighted by Crippen LogP contribution is 2.33. The van der Waals surface area contributed by atoms with Crippen LogP contribution in [0.2, 0.25) is 0 Å². The van der Waals surface area contributed by atoms with Gasteiger partial charge in [-0.15, -0.1) is 0 Å². The molecule has 198 valence electrons. The number of anilines is 1. The van der Waals surface area contributed by atoms with Gasteiger partial charge in [-0.3, -0.25) is 19.3 Å². The van der Waals surface area contributed by atoms with Gasteiger partial charge in [-0.1, -0.05) is 39.3 Å². The van der Waals surface area contributed by atoms with Gasteiger partial charge < -0.3 is 19.7 Å². The van der Waals surface area contributed by atoms with Crippen molar-refractivity contribution in [2.45, 2.75) is 45.4 Å². The van der Waals surface area contributed by atoms with E-state index in [0.717, 1.165) is 19.6 Å². The molecular weight excluding hydrogens is 470 g/mol. The molecule has 2 aromatic rings. The average Bonchev–Trinajstić information content (AvgIpc) is 2.89. The number of nitrogens with one attached hydrogen (secondary N) is 1. The van der Waals surface area contributed by atoms with E-state index >= 15 is 0 Å². The van der Waals surface area contributed by atoms with Crippen LogP contribution in [0.25, 0.3) is 0 Å². The Morgan fingerprint density at radius 3 is 2.46 bits per heavy atom. The molecule has 1 N–H and O–H groups in total. The van der Waals surface area contributed by atoms with Crippen molar-refractivity contribution in [2.24, 2.45) is 0 Å². The van der Waals surface area contributed by atoms with Crippen molar-refractivity contribution in [3.63, 3.8) is 0 Å². The van der Waals surface area contributed by atoms with Gasteiger partial charge in [-0.05, 0) is 67.2 Å². The van der Waals surface area contributed by atoms with E-state index in [4.69, 9.17) is 9.47 Å². The molecule has 2 aliphatic heterocycles. The molecule has 1 saturated heterocycles. The Morgan fingerprint density at radius 2 is 1.76 bits per heavy atom. The molecule has 0 saturated carbocycles. The summed E-state index contributed by atoms with van der Waals surface area (Å²) in [6, 6.07) is 12.6. The fraction of sp³-hybridized carbons (Fsp3) is 0.483. The predicted molar refractivity (Wildman–Crippen MR) is 143 cm³/mol. The highest BCUT2D eigenvalue weighted by Gasteiger charge is 2.28. The Morgan fingerprint density at radius 1 is 1.03 bits per heavy atom. The van der Waals surface area contributed by atoms with Gasteiger partial charge in [0, 0.05) is 18.7 Å². The fourth-order valence-corrected chi connectivity index (χ4v) is 4.57. The number of hydrogen-bond donors (Lipinski definition) is 1. The molecule has 37 heavy (non-hydrogen) atoms. The number of benzene rings is 2. The minimum Gasteiger partial charge on any atom is -0.485 e. The fourth-order valence-electron chi connectivity index (χ4n) is 4.57. The van der Waals surface area contributed by atoms with Crippen molar-refractivity contribution in [3.05, 3.63) is 53.6 Å². The van der Waals surface area contributed by atoms with Gasteiger partial charge in [0.05, 0.1) is 5.69 Å². The number of Topliss-reactive ketones (excluding diaryl/α,β-unsaturated/α-hetero) is 1. The van der Waals surface area contributed by atoms with Crippen LogP contribution in [0.15, 0.2) is 42.5 Å². The Kier molecular flexibility index (Phi) is 8.48. The Hall–Kier alpha value is -3.39. The number of ketones is 1. The number of fused-ring (bicyclic) bond motifs is 1. The van der Waals surface area contributed by atoms with Crippen LogP contribution < -0.4 is 19.7 Å². The minimum absolute atomic E-state index is 0.0348. The average molecular weight is 508 g/mol. The summed E-state index contributed by atoms with van der Waals surface area (Å²) < 4.78 is 11.2. The maximum atomic E-state index is 12.9. The van der Waals surface area contributed by atoms with Gasteiger partial charge in [0.25, 0.3) is 5.91 Å². The topological polar surface area (TPSA) is 88.2 Å². The Labute approximate surface area is 218 Å². The van der Waals surface area contributed by atoms with E-state index in [2.05, 4.69) is 31.0 Å². The first-order chi connectivity index (χ1) is 17.7. The molecule has 8 heteroatoms. The van der Waals surface area contributed by atoms with Crippen LogP contribution >= 0.6 is 0 Å². The van der Waals surface area contributed by atoms with E-state index in [1.165, 1.54) is 29.7 Å². The van der Waals surface area contributed by atoms with E-state index < -0.39 is 0 Å². The van der Waals surface area contributed by atoms with Crippen LogP contribution in [-0.2, 0) is 15.0 Å². The van der Waals surface area contributed by atoms with Gasteiger partial charge >= 0.3 is 0 Å². The number of rotatable bonds is 9. The molecule has 0 aliphatic carbocycles. The summed E-state index contributed by atoms with van der Waals surface area (Å²) in [7, 11) is 0. The van der Waals surface area contributed by atoms with Gasteiger partial charge in [0.15, 0.2) is 19.0 Å². The summed E-state index contributed by atoms with van der Waals surface area (Å²) in [6.07, 6.45) is 3.66. The van der Waals surface area contributed by atoms with Gasteiger partial charge in [-0.2, -0.15) is 0 Å². The molecule has 0 atom stereocenters. The molecular formula is C29H37N3O5. The number of hydrogen-bond acceptors (Lipinski definition) is 6. The number of piperidine rings is 1. The second-order valence-electron chi connectivity index (χ2n) is 10.7. The molecule has 4 rings (SSSR count). The second-order valence-corrected chi connectivity index (χ2v) is 10.7. The largest absolute Gasteiger partial charge is 0.485 e. The molecule has 2 aliphatic rings. The third-order valence-electron chi connectivity index (χ3n) is 6.81. The van der Waals surface area contributed by atoms with Crippen molar-refractivity contribution in [1.29, 1.82) is 0 Å². The molecule has 2 heterocycles. The lowest BCUT2D eigenvalue weighted by molar-refractivity contribution is -0.125. The summed E-state index contributed by atoms with van der Waals surface area (Å²) in [5.41, 5.74) is 2.02. The standard InChI is InChI=1S/C29H37N3O5/c1-29(2,3)22-8-10-23(11-9-22)36-19-25(33)21-7-12-26-24(17-21)32(28(35)20-37-26)18-27(34)30-13-16-31-14-5-4-6-15-31/h7-12,17H,4-6,13-16,18-20H2,1-3H3,(H,30,34). The van der Waals surface area contributed by atoms with Crippen LogP contribution in [0, 0.1) is 0 Å². The number of nitrogens with zero attached hydrogens (tertiary/aromatic N) is 2. The highest BCUT2D eigenvalue weighted by molar-refractivity contribution is 6.04. The molecule has 0 bridgehead atoms. The lowest BCUT2D eigenvalue weighted by atomic mass is 9.87. The van der Waals surface area contributed by atoms with E-state index in [0.29, 0.717) is 29.3 Å². The minimum atomic E-state index is -0.321. The number of carbonyl (C=O) groups is 3. The molecule has 1 fully saturated rings. The van der Waals surface area contributed by atoms with Crippen molar-refractivity contribution in [3.8, 4) is 11.5 Å². The third kappa shape index (κ3) is 7.10. The maximum absolute atomic E-state index is 12.9. The van der Waals surface area contributed by atoms with E-state index in [9.17, 15) is 14.4 Å². The normalized spacial score (nSPS) is 16.1. The maximum Gasteiger partial charge on any atom is 0.265 e. The van der Waals surface area contributed by atoms with Crippen molar-refractivity contribution in [2.75, 3.05) is 50.8 Å². The number of ether oxygens (including phenoxy) is 2. The monoisotopic (exact) mass is 507 g/mol. The number of likely N-dealkylation sites (tertiary alicyclic amines) is 1. The first kappa shape index (κ1) is 26.7. The molecule has 0 radical (unpaired) electrons. The van der Waals surface area contributed by atoms with Crippen LogP contribution in [-0.4, -0.2) is 68.4 Å². The summed E-state index contributed by atoms with van der Waals surface area (Å²) >= 11 is 0. The molecule has 0 spiro atoms. The van der Waals surface area contributed by atoms with E-state index in [-0.39, 0.29) is 42.8 Å². The first-order valence-electron chi connectivity index (χ1n) is 13.0. The van der Waals surface area contributed by atoms with Crippen molar-refractivity contribution >= 4 is 23.3 Å².